The Kier molecular flexibility index (Phi) is 2.84. The molecule has 0 fully saturated rings. The molecule has 0 unspecified atom stereocenters. The number of aromatic nitrogens is 6. The second-order valence-electron chi connectivity index (χ2n) is 4.07. The zero-order chi connectivity index (χ0) is 13.2. The lowest BCUT2D eigenvalue weighted by Crippen LogP contribution is -2.07. The zero-order valence-electron chi connectivity index (χ0n) is 10.4. The van der Waals surface area contributed by atoms with Gasteiger partial charge in [0.05, 0.1) is 6.33 Å². The molecule has 0 aliphatic heterocycles. The summed E-state index contributed by atoms with van der Waals surface area (Å²) in [5.41, 5.74) is 6.11. The fourth-order valence-electron chi connectivity index (χ4n) is 1.74. The number of nitrogens with two attached hydrogens (primary N) is 1. The average molecular weight is 259 g/mol. The van der Waals surface area contributed by atoms with Crippen molar-refractivity contribution < 1.29 is 4.52 Å². The van der Waals surface area contributed by atoms with Crippen LogP contribution in [0.2, 0.25) is 0 Å². The molecule has 3 aromatic heterocycles. The van der Waals surface area contributed by atoms with Crippen molar-refractivity contribution in [3.63, 3.8) is 0 Å². The maximum Gasteiger partial charge on any atom is 0.278 e. The normalized spacial score (nSPS) is 11.1. The summed E-state index contributed by atoms with van der Waals surface area (Å²) < 4.78 is 8.90. The molecule has 0 bridgehead atoms. The number of imidazole rings is 2. The molecule has 2 N–H and O–H groups in total. The predicted molar refractivity (Wildman–Crippen MR) is 66.8 cm³/mol. The molecule has 8 heteroatoms. The standard InChI is InChI=1S/C11H13N7O/c1-17-5-3-13-10(17)9-15-11(19-16-9)8-6-18(4-2-12)7-14-8/h3,5-7H,2,4,12H2,1H3. The van der Waals surface area contributed by atoms with E-state index in [1.54, 1.807) is 12.5 Å². The number of nitrogens with zero attached hydrogens (tertiary/aromatic N) is 6. The molecule has 0 spiro atoms. The van der Waals surface area contributed by atoms with Crippen molar-refractivity contribution in [1.82, 2.24) is 29.2 Å². The molecule has 3 rings (SSSR count). The van der Waals surface area contributed by atoms with Crippen LogP contribution in [-0.4, -0.2) is 35.8 Å². The minimum Gasteiger partial charge on any atom is -0.335 e. The van der Waals surface area contributed by atoms with Crippen LogP contribution in [0, 0.1) is 0 Å². The van der Waals surface area contributed by atoms with E-state index in [1.807, 2.05) is 28.6 Å². The van der Waals surface area contributed by atoms with E-state index in [9.17, 15) is 0 Å². The molecule has 8 nitrogen and oxygen atoms in total. The summed E-state index contributed by atoms with van der Waals surface area (Å²) in [7, 11) is 1.87. The highest BCUT2D eigenvalue weighted by Gasteiger charge is 2.15. The van der Waals surface area contributed by atoms with E-state index in [4.69, 9.17) is 10.3 Å². The summed E-state index contributed by atoms with van der Waals surface area (Å²) in [4.78, 5) is 12.7. The van der Waals surface area contributed by atoms with Crippen molar-refractivity contribution in [2.45, 2.75) is 6.54 Å². The lowest BCUT2D eigenvalue weighted by Gasteiger charge is -1.94. The highest BCUT2D eigenvalue weighted by molar-refractivity contribution is 5.51. The summed E-state index contributed by atoms with van der Waals surface area (Å²) in [6.07, 6.45) is 7.01. The Hall–Kier alpha value is -2.48. The monoisotopic (exact) mass is 259 g/mol. The van der Waals surface area contributed by atoms with E-state index in [2.05, 4.69) is 20.1 Å². The molecule has 0 saturated heterocycles. The van der Waals surface area contributed by atoms with Crippen LogP contribution >= 0.6 is 0 Å². The van der Waals surface area contributed by atoms with Crippen LogP contribution in [-0.2, 0) is 13.6 Å². The van der Waals surface area contributed by atoms with E-state index in [0.717, 1.165) is 0 Å². The Morgan fingerprint density at radius 2 is 2.26 bits per heavy atom. The second kappa shape index (κ2) is 4.65. The molecule has 0 aliphatic carbocycles. The fraction of sp³-hybridized carbons (Fsp3) is 0.273. The smallest absolute Gasteiger partial charge is 0.278 e. The quantitative estimate of drug-likeness (QED) is 0.722. The molecule has 98 valence electrons. The van der Waals surface area contributed by atoms with Crippen LogP contribution in [0.15, 0.2) is 29.4 Å². The van der Waals surface area contributed by atoms with Gasteiger partial charge in [-0.25, -0.2) is 9.97 Å². The summed E-state index contributed by atoms with van der Waals surface area (Å²) in [6, 6.07) is 0. The molecule has 0 aromatic carbocycles. The molecule has 0 radical (unpaired) electrons. The van der Waals surface area contributed by atoms with Gasteiger partial charge in [-0.05, 0) is 0 Å². The summed E-state index contributed by atoms with van der Waals surface area (Å²) in [5, 5.41) is 3.91. The SMILES string of the molecule is Cn1ccnc1-c1noc(-c2cn(CCN)cn2)n1. The predicted octanol–water partition coefficient (Wildman–Crippen LogP) is 0.292. The average Bonchev–Trinajstić information content (AvgIpc) is 3.08. The van der Waals surface area contributed by atoms with E-state index in [1.165, 1.54) is 0 Å². The van der Waals surface area contributed by atoms with Crippen molar-refractivity contribution in [2.24, 2.45) is 12.8 Å². The molecule has 3 heterocycles. The van der Waals surface area contributed by atoms with E-state index >= 15 is 0 Å². The number of hydrogen-bond donors (Lipinski definition) is 1. The Bertz CT molecular complexity index is 681. The first-order chi connectivity index (χ1) is 9.28. The van der Waals surface area contributed by atoms with Gasteiger partial charge in [-0.3, -0.25) is 0 Å². The highest BCUT2D eigenvalue weighted by atomic mass is 16.5. The second-order valence-corrected chi connectivity index (χ2v) is 4.07. The summed E-state index contributed by atoms with van der Waals surface area (Å²) in [5.74, 6) is 1.46. The van der Waals surface area contributed by atoms with Crippen LogP contribution in [0.3, 0.4) is 0 Å². The molecule has 0 aliphatic rings. The Morgan fingerprint density at radius 3 is 3.00 bits per heavy atom. The van der Waals surface area contributed by atoms with Crippen LogP contribution in [0.1, 0.15) is 0 Å². The molecular weight excluding hydrogens is 246 g/mol. The molecule has 3 aromatic rings. The minimum atomic E-state index is 0.369. The van der Waals surface area contributed by atoms with E-state index < -0.39 is 0 Å². The van der Waals surface area contributed by atoms with Crippen molar-refractivity contribution in [3.05, 3.63) is 24.9 Å². The van der Waals surface area contributed by atoms with Gasteiger partial charge in [-0.2, -0.15) is 4.98 Å². The van der Waals surface area contributed by atoms with Crippen LogP contribution in [0.4, 0.5) is 0 Å². The number of hydrogen-bond acceptors (Lipinski definition) is 6. The van der Waals surface area contributed by atoms with Crippen LogP contribution in [0.5, 0.6) is 0 Å². The van der Waals surface area contributed by atoms with Crippen LogP contribution < -0.4 is 5.73 Å². The van der Waals surface area contributed by atoms with Crippen molar-refractivity contribution >= 4 is 0 Å². The topological polar surface area (TPSA) is 101 Å². The molecular formula is C11H13N7O. The van der Waals surface area contributed by atoms with Crippen LogP contribution in [0.25, 0.3) is 23.2 Å². The van der Waals surface area contributed by atoms with Gasteiger partial charge < -0.3 is 19.4 Å². The maximum absolute atomic E-state index is 5.48. The van der Waals surface area contributed by atoms with Gasteiger partial charge in [0.25, 0.3) is 5.89 Å². The number of rotatable bonds is 4. The molecule has 0 saturated carbocycles. The van der Waals surface area contributed by atoms with Crippen molar-refractivity contribution in [2.75, 3.05) is 6.54 Å². The van der Waals surface area contributed by atoms with Gasteiger partial charge in [-0.1, -0.05) is 5.16 Å². The van der Waals surface area contributed by atoms with Gasteiger partial charge in [0, 0.05) is 38.7 Å². The van der Waals surface area contributed by atoms with E-state index in [-0.39, 0.29) is 0 Å². The minimum absolute atomic E-state index is 0.369. The Balaban J connectivity index is 1.90. The maximum atomic E-state index is 5.48. The van der Waals surface area contributed by atoms with Crippen molar-refractivity contribution in [1.29, 1.82) is 0 Å². The third kappa shape index (κ3) is 2.13. The van der Waals surface area contributed by atoms with Gasteiger partial charge >= 0.3 is 0 Å². The van der Waals surface area contributed by atoms with Gasteiger partial charge in [0.1, 0.15) is 5.69 Å². The first-order valence-corrected chi connectivity index (χ1v) is 5.81. The third-order valence-electron chi connectivity index (χ3n) is 2.69. The Morgan fingerprint density at radius 1 is 1.37 bits per heavy atom. The summed E-state index contributed by atoms with van der Waals surface area (Å²) in [6.45, 7) is 1.26. The molecule has 0 amide bonds. The summed E-state index contributed by atoms with van der Waals surface area (Å²) >= 11 is 0. The van der Waals surface area contributed by atoms with Gasteiger partial charge in [0.15, 0.2) is 5.82 Å². The lowest BCUT2D eigenvalue weighted by atomic mass is 10.4. The Labute approximate surface area is 108 Å². The zero-order valence-corrected chi connectivity index (χ0v) is 10.4. The third-order valence-corrected chi connectivity index (χ3v) is 2.69. The largest absolute Gasteiger partial charge is 0.335 e. The van der Waals surface area contributed by atoms with Crippen molar-refractivity contribution in [3.8, 4) is 23.2 Å². The highest BCUT2D eigenvalue weighted by Crippen LogP contribution is 2.19. The van der Waals surface area contributed by atoms with E-state index in [0.29, 0.717) is 36.3 Å². The first kappa shape index (κ1) is 11.6. The van der Waals surface area contributed by atoms with Gasteiger partial charge in [-0.15, -0.1) is 0 Å². The first-order valence-electron chi connectivity index (χ1n) is 5.81. The fourth-order valence-corrected chi connectivity index (χ4v) is 1.74. The lowest BCUT2D eigenvalue weighted by molar-refractivity contribution is 0.430. The molecule has 19 heavy (non-hydrogen) atoms. The van der Waals surface area contributed by atoms with Gasteiger partial charge in [0.2, 0.25) is 5.82 Å². The number of aryl methyl sites for hydroxylation is 1. The molecule has 0 atom stereocenters.